The molecular formula is C19H30N2O6. The number of carbonyl (C=O) groups excluding carboxylic acids is 1. The van der Waals surface area contributed by atoms with Crippen LogP contribution >= 0.6 is 0 Å². The van der Waals surface area contributed by atoms with Gasteiger partial charge in [-0.3, -0.25) is 9.78 Å². The van der Waals surface area contributed by atoms with Crippen LogP contribution in [0.5, 0.6) is 0 Å². The van der Waals surface area contributed by atoms with Crippen LogP contribution in [0.15, 0.2) is 18.3 Å². The average Bonchev–Trinajstić information content (AvgIpc) is 2.66. The van der Waals surface area contributed by atoms with Crippen LogP contribution in [0.3, 0.4) is 0 Å². The van der Waals surface area contributed by atoms with Gasteiger partial charge in [0.15, 0.2) is 0 Å². The summed E-state index contributed by atoms with van der Waals surface area (Å²) in [6.07, 6.45) is -0.328. The number of hydrogen-bond donors (Lipinski definition) is 4. The molecule has 1 aromatic rings. The minimum Gasteiger partial charge on any atom is -0.394 e. The Kier molecular flexibility index (Phi) is 8.59. The monoisotopic (exact) mass is 382 g/mol. The number of aliphatic hydroxyl groups is 4. The molecule has 0 spiro atoms. The summed E-state index contributed by atoms with van der Waals surface area (Å²) in [4.78, 5) is 18.5. The predicted octanol–water partition coefficient (Wildman–Crippen LogP) is -0.134. The number of β-amino-alcohol motifs (C(OH)–C–C–N with tert-alkyl or cyclic N) is 1. The van der Waals surface area contributed by atoms with Gasteiger partial charge in [0.25, 0.3) is 5.91 Å². The number of rotatable bonds is 3. The van der Waals surface area contributed by atoms with E-state index in [4.69, 9.17) is 4.74 Å². The van der Waals surface area contributed by atoms with E-state index >= 15 is 0 Å². The first-order chi connectivity index (χ1) is 12.9. The summed E-state index contributed by atoms with van der Waals surface area (Å²) < 4.78 is 5.51. The van der Waals surface area contributed by atoms with Crippen molar-refractivity contribution in [2.24, 2.45) is 0 Å². The van der Waals surface area contributed by atoms with E-state index in [1.165, 1.54) is 4.90 Å². The highest BCUT2D eigenvalue weighted by atomic mass is 16.5. The van der Waals surface area contributed by atoms with E-state index < -0.39 is 31.0 Å². The third-order valence-corrected chi connectivity index (χ3v) is 4.77. The largest absolute Gasteiger partial charge is 0.394 e. The van der Waals surface area contributed by atoms with Crippen molar-refractivity contribution in [3.8, 4) is 0 Å². The topological polar surface area (TPSA) is 123 Å². The van der Waals surface area contributed by atoms with Gasteiger partial charge in [0.1, 0.15) is 24.4 Å². The summed E-state index contributed by atoms with van der Waals surface area (Å²) in [7, 11) is 0. The summed E-state index contributed by atoms with van der Waals surface area (Å²) >= 11 is 0. The fourth-order valence-corrected chi connectivity index (χ4v) is 3.21. The Bertz CT molecular complexity index is 599. The fraction of sp³-hybridized carbons (Fsp3) is 0.684. The Balaban J connectivity index is 2.18. The van der Waals surface area contributed by atoms with Crippen LogP contribution < -0.4 is 0 Å². The van der Waals surface area contributed by atoms with Gasteiger partial charge in [0.2, 0.25) is 0 Å². The van der Waals surface area contributed by atoms with E-state index in [2.05, 4.69) is 4.98 Å². The average molecular weight is 382 g/mol. The number of pyridine rings is 1. The molecule has 0 aliphatic carbocycles. The molecule has 0 aromatic carbocycles. The molecule has 8 heteroatoms. The number of carbonyl (C=O) groups is 1. The zero-order valence-electron chi connectivity index (χ0n) is 15.7. The maximum atomic E-state index is 12.9. The third-order valence-electron chi connectivity index (χ3n) is 4.77. The van der Waals surface area contributed by atoms with Crippen LogP contribution in [0.1, 0.15) is 41.7 Å². The lowest BCUT2D eigenvalue weighted by molar-refractivity contribution is -0.145. The van der Waals surface area contributed by atoms with Crippen LogP contribution in [-0.4, -0.2) is 86.9 Å². The second-order valence-corrected chi connectivity index (χ2v) is 6.99. The summed E-state index contributed by atoms with van der Waals surface area (Å²) in [5.41, 5.74) is 1.19. The molecule has 0 unspecified atom stereocenters. The van der Waals surface area contributed by atoms with Gasteiger partial charge in [-0.25, -0.2) is 0 Å². The Morgan fingerprint density at radius 3 is 2.78 bits per heavy atom. The molecule has 2 rings (SSSR count). The van der Waals surface area contributed by atoms with Gasteiger partial charge >= 0.3 is 0 Å². The Labute approximate surface area is 159 Å². The Morgan fingerprint density at radius 1 is 1.33 bits per heavy atom. The predicted molar refractivity (Wildman–Crippen MR) is 98.2 cm³/mol. The van der Waals surface area contributed by atoms with E-state index in [0.717, 1.165) is 31.4 Å². The molecule has 8 nitrogen and oxygen atoms in total. The standard InChI is InChI=1S/C19H30N2O6/c1-13-10-14(6-7-20-13)19(26)21-8-4-2-3-5-9-27-18(16(24)12-22)17(25)15(23)11-21/h6-7,10,15-18,22-25H,2-5,8-9,11-12H2,1H3/t15-,16-,17-,18-/m1/s1. The molecule has 0 bridgehead atoms. The van der Waals surface area contributed by atoms with Crippen molar-refractivity contribution in [2.75, 3.05) is 26.3 Å². The maximum Gasteiger partial charge on any atom is 0.254 e. The van der Waals surface area contributed by atoms with E-state index in [1.54, 1.807) is 25.3 Å². The molecular weight excluding hydrogens is 352 g/mol. The van der Waals surface area contributed by atoms with Gasteiger partial charge in [0.05, 0.1) is 6.61 Å². The number of hydrogen-bond acceptors (Lipinski definition) is 7. The summed E-state index contributed by atoms with van der Waals surface area (Å²) in [5.74, 6) is -0.246. The lowest BCUT2D eigenvalue weighted by atomic mass is 10.0. The lowest BCUT2D eigenvalue weighted by Gasteiger charge is -2.33. The molecule has 1 amide bonds. The van der Waals surface area contributed by atoms with Crippen LogP contribution in [0.4, 0.5) is 0 Å². The van der Waals surface area contributed by atoms with Crippen molar-refractivity contribution in [1.82, 2.24) is 9.88 Å². The number of nitrogens with zero attached hydrogens (tertiary/aromatic N) is 2. The quantitative estimate of drug-likeness (QED) is 0.574. The molecule has 27 heavy (non-hydrogen) atoms. The van der Waals surface area contributed by atoms with Crippen molar-refractivity contribution in [2.45, 2.75) is 57.0 Å². The molecule has 1 saturated heterocycles. The molecule has 4 atom stereocenters. The lowest BCUT2D eigenvalue weighted by Crippen LogP contribution is -2.52. The molecule has 1 fully saturated rings. The van der Waals surface area contributed by atoms with Crippen molar-refractivity contribution in [3.63, 3.8) is 0 Å². The van der Waals surface area contributed by atoms with Gasteiger partial charge in [-0.1, -0.05) is 12.8 Å². The highest BCUT2D eigenvalue weighted by Gasteiger charge is 2.34. The Hall–Kier alpha value is -1.58. The second kappa shape index (κ2) is 10.7. The van der Waals surface area contributed by atoms with Crippen LogP contribution in [0.25, 0.3) is 0 Å². The zero-order chi connectivity index (χ0) is 19.8. The number of aromatic nitrogens is 1. The minimum absolute atomic E-state index is 0.0978. The first-order valence-corrected chi connectivity index (χ1v) is 9.42. The highest BCUT2D eigenvalue weighted by molar-refractivity contribution is 5.94. The summed E-state index contributed by atoms with van der Waals surface area (Å²) in [5, 5.41) is 40.0. The number of ether oxygens (including phenoxy) is 1. The first kappa shape index (κ1) is 21.7. The number of aryl methyl sites for hydroxylation is 1. The fourth-order valence-electron chi connectivity index (χ4n) is 3.21. The van der Waals surface area contributed by atoms with Gasteiger partial charge in [-0.05, 0) is 31.9 Å². The van der Waals surface area contributed by atoms with E-state index in [1.807, 2.05) is 0 Å². The van der Waals surface area contributed by atoms with Crippen molar-refractivity contribution in [1.29, 1.82) is 0 Å². The van der Waals surface area contributed by atoms with Gasteiger partial charge in [0, 0.05) is 37.2 Å². The van der Waals surface area contributed by atoms with Crippen LogP contribution in [0.2, 0.25) is 0 Å². The Morgan fingerprint density at radius 2 is 2.07 bits per heavy atom. The van der Waals surface area contributed by atoms with Crippen molar-refractivity contribution in [3.05, 3.63) is 29.6 Å². The molecule has 152 valence electrons. The molecule has 2 heterocycles. The van der Waals surface area contributed by atoms with Gasteiger partial charge in [-0.15, -0.1) is 0 Å². The molecule has 1 aliphatic rings. The van der Waals surface area contributed by atoms with Crippen LogP contribution in [0, 0.1) is 6.92 Å². The zero-order valence-corrected chi connectivity index (χ0v) is 15.7. The molecule has 0 radical (unpaired) electrons. The highest BCUT2D eigenvalue weighted by Crippen LogP contribution is 2.16. The maximum absolute atomic E-state index is 12.9. The van der Waals surface area contributed by atoms with Gasteiger partial charge < -0.3 is 30.1 Å². The second-order valence-electron chi connectivity index (χ2n) is 6.99. The first-order valence-electron chi connectivity index (χ1n) is 9.42. The van der Waals surface area contributed by atoms with E-state index in [0.29, 0.717) is 18.7 Å². The molecule has 0 saturated carbocycles. The van der Waals surface area contributed by atoms with Gasteiger partial charge in [-0.2, -0.15) is 0 Å². The normalized spacial score (nSPS) is 26.7. The van der Waals surface area contributed by atoms with E-state index in [-0.39, 0.29) is 12.5 Å². The van der Waals surface area contributed by atoms with Crippen LogP contribution in [-0.2, 0) is 4.74 Å². The molecule has 1 aliphatic heterocycles. The number of amides is 1. The summed E-state index contributed by atoms with van der Waals surface area (Å²) in [6.45, 7) is 1.89. The number of aliphatic hydroxyl groups excluding tert-OH is 4. The van der Waals surface area contributed by atoms with E-state index in [9.17, 15) is 25.2 Å². The minimum atomic E-state index is -1.43. The molecule has 4 N–H and O–H groups in total. The molecule has 1 aromatic heterocycles. The smallest absolute Gasteiger partial charge is 0.254 e. The van der Waals surface area contributed by atoms with Crippen molar-refractivity contribution < 1.29 is 30.0 Å². The third kappa shape index (κ3) is 6.22. The SMILES string of the molecule is Cc1cc(C(=O)N2CCCCCCO[C@H]([C@H](O)CO)[C@H](O)[C@H](O)C2)ccn1. The summed E-state index contributed by atoms with van der Waals surface area (Å²) in [6, 6.07) is 3.30. The van der Waals surface area contributed by atoms with Crippen molar-refractivity contribution >= 4 is 5.91 Å².